The Balaban J connectivity index is 1.68. The molecule has 1 aromatic rings. The van der Waals surface area contributed by atoms with Gasteiger partial charge in [-0.1, -0.05) is 13.8 Å². The number of nitrogens with one attached hydrogen (secondary N) is 1. The topological polar surface area (TPSA) is 55.4 Å². The second-order valence-corrected chi connectivity index (χ2v) is 11.0. The molecule has 4 nitrogen and oxygen atoms in total. The summed E-state index contributed by atoms with van der Waals surface area (Å²) in [5.41, 5.74) is 1.49. The van der Waals surface area contributed by atoms with E-state index in [1.165, 1.54) is 19.3 Å². The van der Waals surface area contributed by atoms with Crippen LogP contribution >= 0.6 is 0 Å². The summed E-state index contributed by atoms with van der Waals surface area (Å²) >= 11 is 0. The smallest absolute Gasteiger partial charge is 0.241 e. The van der Waals surface area contributed by atoms with Gasteiger partial charge in [0.25, 0.3) is 0 Å². The molecule has 144 valence electrons. The van der Waals surface area contributed by atoms with Crippen LogP contribution in [0.15, 0.2) is 17.0 Å². The Labute approximate surface area is 157 Å². The van der Waals surface area contributed by atoms with Gasteiger partial charge in [-0.25, -0.2) is 13.1 Å². The van der Waals surface area contributed by atoms with Gasteiger partial charge in [-0.15, -0.1) is 0 Å². The third-order valence-electron chi connectivity index (χ3n) is 6.83. The van der Waals surface area contributed by atoms with Gasteiger partial charge in [0.15, 0.2) is 0 Å². The molecule has 0 saturated heterocycles. The number of ether oxygens (including phenoxy) is 1. The van der Waals surface area contributed by atoms with E-state index in [1.807, 2.05) is 19.1 Å². The third kappa shape index (κ3) is 3.07. The van der Waals surface area contributed by atoms with Crippen molar-refractivity contribution in [3.05, 3.63) is 23.3 Å². The first-order valence-corrected chi connectivity index (χ1v) is 11.4. The first-order valence-electron chi connectivity index (χ1n) is 9.94. The van der Waals surface area contributed by atoms with E-state index in [-0.39, 0.29) is 11.5 Å². The Morgan fingerprint density at radius 2 is 1.62 bits per heavy atom. The van der Waals surface area contributed by atoms with Gasteiger partial charge >= 0.3 is 0 Å². The molecule has 0 amide bonds. The van der Waals surface area contributed by atoms with E-state index in [4.69, 9.17) is 4.74 Å². The van der Waals surface area contributed by atoms with E-state index in [2.05, 4.69) is 18.6 Å². The van der Waals surface area contributed by atoms with E-state index in [9.17, 15) is 8.42 Å². The molecule has 4 aliphatic rings. The van der Waals surface area contributed by atoms with Crippen LogP contribution in [0.4, 0.5) is 0 Å². The van der Waals surface area contributed by atoms with E-state index < -0.39 is 10.0 Å². The van der Waals surface area contributed by atoms with Crippen LogP contribution in [0.1, 0.15) is 69.4 Å². The minimum Gasteiger partial charge on any atom is -0.496 e. The summed E-state index contributed by atoms with van der Waals surface area (Å²) in [6.45, 7) is 5.99. The summed E-state index contributed by atoms with van der Waals surface area (Å²) in [6.07, 6.45) is 6.97. The van der Waals surface area contributed by atoms with E-state index in [0.29, 0.717) is 22.6 Å². The highest BCUT2D eigenvalue weighted by Crippen LogP contribution is 2.56. The van der Waals surface area contributed by atoms with Crippen LogP contribution in [0.5, 0.6) is 5.75 Å². The maximum absolute atomic E-state index is 13.4. The predicted molar refractivity (Wildman–Crippen MR) is 103 cm³/mol. The molecule has 0 heterocycles. The lowest BCUT2D eigenvalue weighted by atomic mass is 9.53. The van der Waals surface area contributed by atoms with Gasteiger partial charge in [-0.05, 0) is 92.4 Å². The van der Waals surface area contributed by atoms with Crippen molar-refractivity contribution in [3.63, 3.8) is 0 Å². The maximum Gasteiger partial charge on any atom is 0.241 e. The fourth-order valence-corrected chi connectivity index (χ4v) is 7.87. The average molecular weight is 378 g/mol. The second-order valence-electron chi connectivity index (χ2n) is 9.32. The van der Waals surface area contributed by atoms with Crippen LogP contribution in [-0.2, 0) is 10.0 Å². The fourth-order valence-electron chi connectivity index (χ4n) is 6.17. The van der Waals surface area contributed by atoms with Crippen LogP contribution in [0.3, 0.4) is 0 Å². The van der Waals surface area contributed by atoms with Gasteiger partial charge in [0.1, 0.15) is 5.75 Å². The lowest BCUT2D eigenvalue weighted by Gasteiger charge is -2.56. The standard InChI is InChI=1S/C21H31NO3S/c1-13(2)18-9-20(14(3)5-19(18)25-4)26(23,24)22-21-10-15-6-16(11-21)8-17(7-15)12-21/h5,9,13,15-17,22H,6-8,10-12H2,1-4H3. The Morgan fingerprint density at radius 1 is 1.08 bits per heavy atom. The average Bonchev–Trinajstić information content (AvgIpc) is 2.51. The monoisotopic (exact) mass is 377 g/mol. The molecule has 4 aliphatic carbocycles. The lowest BCUT2D eigenvalue weighted by Crippen LogP contribution is -2.59. The molecule has 1 N–H and O–H groups in total. The number of sulfonamides is 1. The van der Waals surface area contributed by atoms with Crippen LogP contribution in [0.25, 0.3) is 0 Å². The van der Waals surface area contributed by atoms with Crippen molar-refractivity contribution in [1.29, 1.82) is 0 Å². The molecule has 5 heteroatoms. The third-order valence-corrected chi connectivity index (χ3v) is 8.55. The van der Waals surface area contributed by atoms with Gasteiger partial charge in [0.05, 0.1) is 12.0 Å². The number of hydrogen-bond donors (Lipinski definition) is 1. The molecular weight excluding hydrogens is 346 g/mol. The molecule has 0 aromatic heterocycles. The van der Waals surface area contributed by atoms with Crippen molar-refractivity contribution < 1.29 is 13.2 Å². The molecule has 1 aromatic carbocycles. The molecule has 4 fully saturated rings. The number of hydrogen-bond acceptors (Lipinski definition) is 3. The molecule has 4 bridgehead atoms. The summed E-state index contributed by atoms with van der Waals surface area (Å²) in [4.78, 5) is 0.415. The van der Waals surface area contributed by atoms with E-state index in [1.54, 1.807) is 7.11 Å². The van der Waals surface area contributed by atoms with Crippen molar-refractivity contribution >= 4 is 10.0 Å². The zero-order valence-electron chi connectivity index (χ0n) is 16.3. The van der Waals surface area contributed by atoms with Crippen molar-refractivity contribution in [1.82, 2.24) is 4.72 Å². The summed E-state index contributed by atoms with van der Waals surface area (Å²) in [6, 6.07) is 3.69. The highest BCUT2D eigenvalue weighted by Gasteiger charge is 2.52. The molecule has 0 aliphatic heterocycles. The number of methoxy groups -OCH3 is 1. The quantitative estimate of drug-likeness (QED) is 0.829. The molecular formula is C21H31NO3S. The van der Waals surface area contributed by atoms with E-state index in [0.717, 1.165) is 36.1 Å². The van der Waals surface area contributed by atoms with Crippen molar-refractivity contribution in [2.24, 2.45) is 17.8 Å². The number of aryl methyl sites for hydroxylation is 1. The van der Waals surface area contributed by atoms with Crippen molar-refractivity contribution in [3.8, 4) is 5.75 Å². The van der Waals surface area contributed by atoms with Gasteiger partial charge in [0, 0.05) is 5.54 Å². The van der Waals surface area contributed by atoms with Crippen LogP contribution < -0.4 is 9.46 Å². The Bertz CT molecular complexity index is 778. The first-order chi connectivity index (χ1) is 12.2. The van der Waals surface area contributed by atoms with Crippen molar-refractivity contribution in [2.75, 3.05) is 7.11 Å². The molecule has 5 rings (SSSR count). The molecule has 0 spiro atoms. The molecule has 0 radical (unpaired) electrons. The van der Waals surface area contributed by atoms with Crippen LogP contribution in [-0.4, -0.2) is 21.1 Å². The zero-order valence-corrected chi connectivity index (χ0v) is 17.2. The van der Waals surface area contributed by atoms with Gasteiger partial charge in [-0.2, -0.15) is 0 Å². The predicted octanol–water partition coefficient (Wildman–Crippen LogP) is 4.37. The maximum atomic E-state index is 13.4. The zero-order chi connectivity index (χ0) is 18.7. The van der Waals surface area contributed by atoms with Gasteiger partial charge < -0.3 is 4.74 Å². The summed E-state index contributed by atoms with van der Waals surface area (Å²) in [7, 11) is -1.90. The molecule has 0 unspecified atom stereocenters. The number of rotatable bonds is 5. The first kappa shape index (κ1) is 18.3. The summed E-state index contributed by atoms with van der Waals surface area (Å²) in [5, 5.41) is 0. The van der Waals surface area contributed by atoms with Gasteiger partial charge in [-0.3, -0.25) is 0 Å². The summed E-state index contributed by atoms with van der Waals surface area (Å²) in [5.74, 6) is 3.12. The lowest BCUT2D eigenvalue weighted by molar-refractivity contribution is -0.00810. The highest BCUT2D eigenvalue weighted by molar-refractivity contribution is 7.89. The summed E-state index contributed by atoms with van der Waals surface area (Å²) < 4.78 is 35.4. The minimum atomic E-state index is -3.54. The number of benzene rings is 1. The molecule has 26 heavy (non-hydrogen) atoms. The van der Waals surface area contributed by atoms with Crippen molar-refractivity contribution in [2.45, 2.75) is 75.6 Å². The fraction of sp³-hybridized carbons (Fsp3) is 0.714. The Morgan fingerprint density at radius 3 is 2.08 bits per heavy atom. The Kier molecular flexibility index (Phi) is 4.39. The normalized spacial score (nSPS) is 33.0. The molecule has 0 atom stereocenters. The Hall–Kier alpha value is -1.07. The molecule has 4 saturated carbocycles. The van der Waals surface area contributed by atoms with Crippen LogP contribution in [0, 0.1) is 24.7 Å². The largest absolute Gasteiger partial charge is 0.496 e. The van der Waals surface area contributed by atoms with Gasteiger partial charge in [0.2, 0.25) is 10.0 Å². The van der Waals surface area contributed by atoms with Crippen LogP contribution in [0.2, 0.25) is 0 Å². The van der Waals surface area contributed by atoms with E-state index >= 15 is 0 Å². The highest BCUT2D eigenvalue weighted by atomic mass is 32.2. The second kappa shape index (κ2) is 6.23. The minimum absolute atomic E-state index is 0.207. The SMILES string of the molecule is COc1cc(C)c(S(=O)(=O)NC23CC4CC(CC(C4)C2)C3)cc1C(C)C.